The van der Waals surface area contributed by atoms with E-state index < -0.39 is 0 Å². The van der Waals surface area contributed by atoms with Gasteiger partial charge in [-0.15, -0.1) is 0 Å². The molecule has 0 spiro atoms. The number of hydrogen-bond acceptors (Lipinski definition) is 4. The molecule has 0 saturated carbocycles. The van der Waals surface area contributed by atoms with E-state index in [2.05, 4.69) is 20.3 Å². The third-order valence-electron chi connectivity index (χ3n) is 2.51. The van der Waals surface area contributed by atoms with Gasteiger partial charge in [0.15, 0.2) is 0 Å². The van der Waals surface area contributed by atoms with Crippen LogP contribution >= 0.6 is 0 Å². The fourth-order valence-electron chi connectivity index (χ4n) is 1.63. The van der Waals surface area contributed by atoms with Gasteiger partial charge in [-0.1, -0.05) is 0 Å². The molecule has 2 heterocycles. The summed E-state index contributed by atoms with van der Waals surface area (Å²) in [4.78, 5) is 12.8. The Kier molecular flexibility index (Phi) is 4.16. The quantitative estimate of drug-likeness (QED) is 0.791. The Labute approximate surface area is 101 Å². The van der Waals surface area contributed by atoms with E-state index in [1.54, 1.807) is 12.4 Å². The van der Waals surface area contributed by atoms with Crippen molar-refractivity contribution in [3.8, 4) is 11.3 Å². The average Bonchev–Trinajstić information content (AvgIpc) is 2.41. The second kappa shape index (κ2) is 6.06. The number of aromatic nitrogens is 3. The van der Waals surface area contributed by atoms with Gasteiger partial charge < -0.3 is 5.32 Å². The minimum Gasteiger partial charge on any atom is -0.320 e. The maximum absolute atomic E-state index is 4.55. The van der Waals surface area contributed by atoms with Crippen molar-refractivity contribution in [1.82, 2.24) is 20.3 Å². The Bertz CT molecular complexity index is 456. The van der Waals surface area contributed by atoms with Gasteiger partial charge in [0.1, 0.15) is 5.82 Å². The summed E-state index contributed by atoms with van der Waals surface area (Å²) >= 11 is 0. The highest BCUT2D eigenvalue weighted by Gasteiger charge is 2.01. The van der Waals surface area contributed by atoms with Crippen LogP contribution in [0.15, 0.2) is 36.8 Å². The van der Waals surface area contributed by atoms with E-state index in [-0.39, 0.29) is 0 Å². The maximum atomic E-state index is 4.55. The minimum atomic E-state index is 0.898. The summed E-state index contributed by atoms with van der Waals surface area (Å²) in [6, 6.07) is 5.84. The highest BCUT2D eigenvalue weighted by molar-refractivity contribution is 5.57. The predicted molar refractivity (Wildman–Crippen MR) is 67.5 cm³/mol. The molecular weight excluding hydrogens is 212 g/mol. The number of pyridine rings is 1. The molecule has 0 amide bonds. The van der Waals surface area contributed by atoms with Crippen molar-refractivity contribution in [3.05, 3.63) is 42.6 Å². The molecule has 4 nitrogen and oxygen atoms in total. The van der Waals surface area contributed by atoms with Crippen LogP contribution in [-0.2, 0) is 6.42 Å². The van der Waals surface area contributed by atoms with E-state index in [9.17, 15) is 0 Å². The molecule has 0 aliphatic heterocycles. The summed E-state index contributed by atoms with van der Waals surface area (Å²) in [6.07, 6.45) is 7.32. The minimum absolute atomic E-state index is 0.898. The van der Waals surface area contributed by atoms with Crippen LogP contribution in [0.4, 0.5) is 0 Å². The summed E-state index contributed by atoms with van der Waals surface area (Å²) in [5, 5.41) is 3.12. The van der Waals surface area contributed by atoms with Crippen LogP contribution in [0.5, 0.6) is 0 Å². The summed E-state index contributed by atoms with van der Waals surface area (Å²) in [7, 11) is 1.95. The Balaban J connectivity index is 2.12. The molecule has 0 aliphatic rings. The largest absolute Gasteiger partial charge is 0.320 e. The average molecular weight is 228 g/mol. The molecule has 17 heavy (non-hydrogen) atoms. The van der Waals surface area contributed by atoms with Crippen molar-refractivity contribution in [2.45, 2.75) is 12.8 Å². The number of rotatable bonds is 5. The lowest BCUT2D eigenvalue weighted by atomic mass is 10.2. The summed E-state index contributed by atoms with van der Waals surface area (Å²) < 4.78 is 0. The third-order valence-corrected chi connectivity index (χ3v) is 2.51. The van der Waals surface area contributed by atoms with Gasteiger partial charge in [-0.05, 0) is 38.2 Å². The first-order chi connectivity index (χ1) is 8.40. The topological polar surface area (TPSA) is 50.7 Å². The van der Waals surface area contributed by atoms with Crippen molar-refractivity contribution in [1.29, 1.82) is 0 Å². The van der Waals surface area contributed by atoms with E-state index in [1.807, 2.05) is 31.4 Å². The van der Waals surface area contributed by atoms with E-state index in [4.69, 9.17) is 0 Å². The number of hydrogen-bond donors (Lipinski definition) is 1. The van der Waals surface area contributed by atoms with Crippen LogP contribution in [0.1, 0.15) is 12.2 Å². The molecule has 0 unspecified atom stereocenters. The highest BCUT2D eigenvalue weighted by atomic mass is 14.9. The molecule has 0 bridgehead atoms. The van der Waals surface area contributed by atoms with Gasteiger partial charge >= 0.3 is 0 Å². The van der Waals surface area contributed by atoms with Gasteiger partial charge in [-0.2, -0.15) is 0 Å². The molecule has 1 N–H and O–H groups in total. The molecule has 0 aliphatic carbocycles. The molecule has 88 valence electrons. The maximum Gasteiger partial charge on any atom is 0.128 e. The summed E-state index contributed by atoms with van der Waals surface area (Å²) in [6.45, 7) is 0.989. The van der Waals surface area contributed by atoms with Gasteiger partial charge in [0.25, 0.3) is 0 Å². The first-order valence-electron chi connectivity index (χ1n) is 5.77. The lowest BCUT2D eigenvalue weighted by Gasteiger charge is -2.03. The highest BCUT2D eigenvalue weighted by Crippen LogP contribution is 2.14. The van der Waals surface area contributed by atoms with Crippen LogP contribution < -0.4 is 5.32 Å². The second-order valence-corrected chi connectivity index (χ2v) is 3.80. The van der Waals surface area contributed by atoms with E-state index in [1.165, 1.54) is 0 Å². The molecule has 2 aromatic rings. The molecule has 0 radical (unpaired) electrons. The van der Waals surface area contributed by atoms with Crippen molar-refractivity contribution in [2.24, 2.45) is 0 Å². The van der Waals surface area contributed by atoms with Gasteiger partial charge in [0, 0.05) is 30.6 Å². The smallest absolute Gasteiger partial charge is 0.128 e. The van der Waals surface area contributed by atoms with Crippen LogP contribution in [0.25, 0.3) is 11.3 Å². The second-order valence-electron chi connectivity index (χ2n) is 3.80. The van der Waals surface area contributed by atoms with E-state index in [0.717, 1.165) is 36.5 Å². The van der Waals surface area contributed by atoms with Gasteiger partial charge in [0.05, 0.1) is 5.69 Å². The monoisotopic (exact) mass is 228 g/mol. The zero-order chi connectivity index (χ0) is 11.9. The standard InChI is InChI=1S/C13H16N4/c1-14-7-2-3-13-16-10-6-12(17-13)11-4-8-15-9-5-11/h4-6,8-10,14H,2-3,7H2,1H3. The van der Waals surface area contributed by atoms with Gasteiger partial charge in [-0.25, -0.2) is 9.97 Å². The first kappa shape index (κ1) is 11.7. The fraction of sp³-hybridized carbons (Fsp3) is 0.308. The molecule has 4 heteroatoms. The van der Waals surface area contributed by atoms with Crippen LogP contribution in [0.3, 0.4) is 0 Å². The van der Waals surface area contributed by atoms with E-state index in [0.29, 0.717) is 0 Å². The van der Waals surface area contributed by atoms with Crippen molar-refractivity contribution < 1.29 is 0 Å². The zero-order valence-corrected chi connectivity index (χ0v) is 9.93. The fourth-order valence-corrected chi connectivity index (χ4v) is 1.63. The molecule has 0 aromatic carbocycles. The van der Waals surface area contributed by atoms with Crippen LogP contribution in [0, 0.1) is 0 Å². The molecule has 2 rings (SSSR count). The molecule has 0 saturated heterocycles. The molecule has 2 aromatic heterocycles. The van der Waals surface area contributed by atoms with Crippen molar-refractivity contribution in [3.63, 3.8) is 0 Å². The van der Waals surface area contributed by atoms with Gasteiger partial charge in [-0.3, -0.25) is 4.98 Å². The Morgan fingerprint density at radius 3 is 2.71 bits per heavy atom. The SMILES string of the molecule is CNCCCc1nccc(-c2ccncc2)n1. The zero-order valence-electron chi connectivity index (χ0n) is 9.93. The van der Waals surface area contributed by atoms with Crippen molar-refractivity contribution in [2.75, 3.05) is 13.6 Å². The normalized spacial score (nSPS) is 10.4. The number of aryl methyl sites for hydroxylation is 1. The Hall–Kier alpha value is -1.81. The van der Waals surface area contributed by atoms with Crippen molar-refractivity contribution >= 4 is 0 Å². The van der Waals surface area contributed by atoms with E-state index >= 15 is 0 Å². The van der Waals surface area contributed by atoms with Crippen LogP contribution in [-0.4, -0.2) is 28.5 Å². The summed E-state index contributed by atoms with van der Waals surface area (Å²) in [5.41, 5.74) is 2.04. The molecular formula is C13H16N4. The molecule has 0 atom stereocenters. The Morgan fingerprint density at radius 1 is 1.12 bits per heavy atom. The lowest BCUT2D eigenvalue weighted by molar-refractivity contribution is 0.703. The molecule has 0 fully saturated rings. The first-order valence-corrected chi connectivity index (χ1v) is 5.77. The third kappa shape index (κ3) is 3.32. The van der Waals surface area contributed by atoms with Gasteiger partial charge in [0.2, 0.25) is 0 Å². The lowest BCUT2D eigenvalue weighted by Crippen LogP contribution is -2.09. The van der Waals surface area contributed by atoms with Crippen LogP contribution in [0.2, 0.25) is 0 Å². The number of nitrogens with one attached hydrogen (secondary N) is 1. The Morgan fingerprint density at radius 2 is 1.94 bits per heavy atom. The number of nitrogens with zero attached hydrogens (tertiary/aromatic N) is 3. The predicted octanol–water partition coefficient (Wildman–Crippen LogP) is 1.69. The summed E-state index contributed by atoms with van der Waals surface area (Å²) in [5.74, 6) is 0.898.